The summed E-state index contributed by atoms with van der Waals surface area (Å²) in [7, 11) is 1.75. The van der Waals surface area contributed by atoms with Gasteiger partial charge in [-0.1, -0.05) is 48.1 Å². The molecule has 3 aromatic carbocycles. The van der Waals surface area contributed by atoms with Gasteiger partial charge in [0.05, 0.1) is 12.9 Å². The summed E-state index contributed by atoms with van der Waals surface area (Å²) in [6.45, 7) is 0. The van der Waals surface area contributed by atoms with E-state index in [0.29, 0.717) is 0 Å². The second-order valence-corrected chi connectivity index (χ2v) is 5.16. The Kier molecular flexibility index (Phi) is 7.20. The average molecular weight is 421 g/mol. The fraction of sp³-hybridized carbons (Fsp3) is 0.105. The van der Waals surface area contributed by atoms with Crippen molar-refractivity contribution in [3.63, 3.8) is 0 Å². The molecule has 1 aliphatic rings. The monoisotopic (exact) mass is 419 g/mol. The van der Waals surface area contributed by atoms with Crippen LogP contribution in [-0.2, 0) is 26.2 Å². The summed E-state index contributed by atoms with van der Waals surface area (Å²) >= 11 is 0. The standard InChI is InChI=1S/C19H15O.2ClH.Zr/c1-20-18-11-10-16-15-9-5-4-8-14(15)12-17(16)19(18)13-6-2-3-7-13;;;/h2-6,8-12H,7H2,1H3;2*1H;/q-1;;;+3/p-2. The third kappa shape index (κ3) is 3.31. The Morgan fingerprint density at radius 3 is 2.48 bits per heavy atom. The molecule has 0 heterocycles. The second-order valence-electron chi connectivity index (χ2n) is 5.16. The molecule has 0 unspecified atom stereocenters. The molecular weight excluding hydrogens is 406 g/mol. The van der Waals surface area contributed by atoms with Gasteiger partial charge < -0.3 is 29.6 Å². The number of hydrogen-bond acceptors (Lipinski definition) is 1. The van der Waals surface area contributed by atoms with Crippen LogP contribution in [0, 0.1) is 0 Å². The van der Waals surface area contributed by atoms with Crippen molar-refractivity contribution < 1.29 is 55.8 Å². The normalized spacial score (nSPS) is 12.3. The van der Waals surface area contributed by atoms with Gasteiger partial charge in [-0.3, -0.25) is 0 Å². The van der Waals surface area contributed by atoms with Gasteiger partial charge in [0.2, 0.25) is 0 Å². The maximum Gasteiger partial charge on any atom is 3.00 e. The van der Waals surface area contributed by atoms with Crippen LogP contribution in [0.5, 0.6) is 5.75 Å². The maximum absolute atomic E-state index is 5.59. The Morgan fingerprint density at radius 1 is 1.00 bits per heavy atom. The van der Waals surface area contributed by atoms with Crippen molar-refractivity contribution in [3.05, 3.63) is 66.3 Å². The van der Waals surface area contributed by atoms with E-state index in [-0.39, 0.29) is 51.0 Å². The fourth-order valence-electron chi connectivity index (χ4n) is 3.14. The van der Waals surface area contributed by atoms with Crippen LogP contribution in [0.4, 0.5) is 0 Å². The van der Waals surface area contributed by atoms with Gasteiger partial charge in [-0.2, -0.15) is 0 Å². The van der Waals surface area contributed by atoms with Crippen LogP contribution in [-0.4, -0.2) is 7.11 Å². The number of benzene rings is 2. The fourth-order valence-corrected chi connectivity index (χ4v) is 3.14. The van der Waals surface area contributed by atoms with Gasteiger partial charge in [0.1, 0.15) is 0 Å². The van der Waals surface area contributed by atoms with Gasteiger partial charge in [-0.15, -0.1) is 33.7 Å². The number of fused-ring (bicyclic) bond motifs is 3. The first-order chi connectivity index (χ1) is 9.88. The summed E-state index contributed by atoms with van der Waals surface area (Å²) in [4.78, 5) is 0. The Labute approximate surface area is 167 Å². The summed E-state index contributed by atoms with van der Waals surface area (Å²) in [5.74, 6) is 0.961. The Morgan fingerprint density at radius 2 is 1.78 bits per heavy atom. The summed E-state index contributed by atoms with van der Waals surface area (Å²) in [5, 5.41) is 5.21. The Balaban J connectivity index is 0.000000882. The molecule has 4 rings (SSSR count). The van der Waals surface area contributed by atoms with Crippen molar-refractivity contribution in [2.45, 2.75) is 6.42 Å². The summed E-state index contributed by atoms with van der Waals surface area (Å²) in [6.07, 6.45) is 7.48. The van der Waals surface area contributed by atoms with E-state index in [0.717, 1.165) is 12.2 Å². The van der Waals surface area contributed by atoms with Crippen LogP contribution in [0.25, 0.3) is 27.1 Å². The molecule has 0 bridgehead atoms. The van der Waals surface area contributed by atoms with E-state index < -0.39 is 0 Å². The molecule has 0 fully saturated rings. The molecule has 0 atom stereocenters. The molecule has 1 nitrogen and oxygen atoms in total. The largest absolute Gasteiger partial charge is 3.00 e. The first-order valence-electron chi connectivity index (χ1n) is 6.89. The van der Waals surface area contributed by atoms with Crippen LogP contribution in [0.3, 0.4) is 0 Å². The molecule has 1 radical (unpaired) electrons. The van der Waals surface area contributed by atoms with Crippen LogP contribution < -0.4 is 29.6 Å². The summed E-state index contributed by atoms with van der Waals surface area (Å²) < 4.78 is 5.59. The summed E-state index contributed by atoms with van der Waals surface area (Å²) in [6, 6.07) is 15.1. The molecule has 23 heavy (non-hydrogen) atoms. The van der Waals surface area contributed by atoms with Gasteiger partial charge in [-0.25, -0.2) is 0 Å². The van der Waals surface area contributed by atoms with Crippen molar-refractivity contribution in [2.24, 2.45) is 0 Å². The minimum absolute atomic E-state index is 0. The number of rotatable bonds is 2. The van der Waals surface area contributed by atoms with E-state index in [9.17, 15) is 0 Å². The minimum atomic E-state index is 0. The van der Waals surface area contributed by atoms with Crippen LogP contribution in [0.2, 0.25) is 0 Å². The van der Waals surface area contributed by atoms with Crippen molar-refractivity contribution in [1.29, 1.82) is 0 Å². The van der Waals surface area contributed by atoms with Gasteiger partial charge >= 0.3 is 26.2 Å². The van der Waals surface area contributed by atoms with Crippen molar-refractivity contribution in [3.8, 4) is 5.75 Å². The predicted octanol–water partition coefficient (Wildman–Crippen LogP) is -0.931. The molecule has 0 N–H and O–H groups in total. The predicted molar refractivity (Wildman–Crippen MR) is 85.3 cm³/mol. The van der Waals surface area contributed by atoms with Crippen molar-refractivity contribution in [2.75, 3.05) is 7.11 Å². The maximum atomic E-state index is 5.59. The summed E-state index contributed by atoms with van der Waals surface area (Å²) in [5.41, 5.74) is 2.58. The zero-order chi connectivity index (χ0) is 13.5. The SMILES string of the molecule is COc1ccc2c([cH-]c3ccccc32)c1C1=CC=CC1.[Cl-].[Cl-].[Zr+3]. The van der Waals surface area contributed by atoms with E-state index >= 15 is 0 Å². The quantitative estimate of drug-likeness (QED) is 0.486. The van der Waals surface area contributed by atoms with Gasteiger partial charge in [-0.05, 0) is 18.1 Å². The van der Waals surface area contributed by atoms with E-state index in [1.165, 1.54) is 32.7 Å². The molecule has 0 saturated heterocycles. The van der Waals surface area contributed by atoms with E-state index in [4.69, 9.17) is 4.74 Å². The zero-order valence-electron chi connectivity index (χ0n) is 12.6. The van der Waals surface area contributed by atoms with Crippen molar-refractivity contribution >= 4 is 27.1 Å². The number of hydrogen-bond donors (Lipinski definition) is 0. The average Bonchev–Trinajstić information content (AvgIpc) is 3.13. The first kappa shape index (κ1) is 20.1. The van der Waals surface area contributed by atoms with E-state index in [1.54, 1.807) is 7.11 Å². The molecule has 0 aromatic heterocycles. The number of allylic oxidation sites excluding steroid dienone is 4. The Bertz CT molecular complexity index is 878. The third-order valence-corrected chi connectivity index (χ3v) is 4.07. The molecule has 0 saturated carbocycles. The molecule has 0 spiro atoms. The van der Waals surface area contributed by atoms with E-state index in [2.05, 4.69) is 60.7 Å². The van der Waals surface area contributed by atoms with Crippen LogP contribution in [0.15, 0.2) is 60.7 Å². The zero-order valence-corrected chi connectivity index (χ0v) is 16.6. The Hall–Kier alpha value is -0.947. The van der Waals surface area contributed by atoms with Gasteiger partial charge in [0.25, 0.3) is 0 Å². The van der Waals surface area contributed by atoms with Crippen LogP contribution >= 0.6 is 0 Å². The third-order valence-electron chi connectivity index (χ3n) is 4.07. The minimum Gasteiger partial charge on any atom is -1.00 e. The number of ether oxygens (including phenoxy) is 1. The molecular formula is C19H15Cl2OZr. The smallest absolute Gasteiger partial charge is 1.00 e. The van der Waals surface area contributed by atoms with Gasteiger partial charge in [0, 0.05) is 0 Å². The number of halogens is 2. The molecule has 0 aliphatic heterocycles. The molecule has 115 valence electrons. The second kappa shape index (κ2) is 8.24. The molecule has 3 aromatic rings. The van der Waals surface area contributed by atoms with Gasteiger partial charge in [0.15, 0.2) is 0 Å². The van der Waals surface area contributed by atoms with E-state index in [1.807, 2.05) is 0 Å². The van der Waals surface area contributed by atoms with Crippen LogP contribution in [0.1, 0.15) is 12.0 Å². The molecule has 0 amide bonds. The number of methoxy groups -OCH3 is 1. The topological polar surface area (TPSA) is 9.23 Å². The molecule has 4 heteroatoms. The van der Waals surface area contributed by atoms with Crippen molar-refractivity contribution in [1.82, 2.24) is 0 Å². The first-order valence-corrected chi connectivity index (χ1v) is 6.89. The molecule has 1 aliphatic carbocycles.